The number of nitrogens with zero attached hydrogens (tertiary/aromatic N) is 4. The van der Waals surface area contributed by atoms with Crippen molar-refractivity contribution in [3.63, 3.8) is 0 Å². The lowest BCUT2D eigenvalue weighted by Crippen LogP contribution is -2.03. The Kier molecular flexibility index (Phi) is 6.03. The van der Waals surface area contributed by atoms with Crippen LogP contribution < -0.4 is 4.74 Å². The number of hydrogen-bond donors (Lipinski definition) is 0. The second-order valence-electron chi connectivity index (χ2n) is 6.21. The lowest BCUT2D eigenvalue weighted by molar-refractivity contribution is 0.106. The normalized spacial score (nSPS) is 11.0. The van der Waals surface area contributed by atoms with Gasteiger partial charge in [-0.1, -0.05) is 5.16 Å². The maximum Gasteiger partial charge on any atom is 0.315 e. The van der Waals surface area contributed by atoms with Gasteiger partial charge in [0.2, 0.25) is 5.82 Å². The van der Waals surface area contributed by atoms with E-state index in [-0.39, 0.29) is 5.82 Å². The predicted octanol–water partition coefficient (Wildman–Crippen LogP) is 3.91. The molecule has 146 valence electrons. The van der Waals surface area contributed by atoms with Crippen LogP contribution in [0.5, 0.6) is 5.75 Å². The van der Waals surface area contributed by atoms with Gasteiger partial charge < -0.3 is 9.26 Å². The summed E-state index contributed by atoms with van der Waals surface area (Å²) in [6.45, 7) is 4.13. The summed E-state index contributed by atoms with van der Waals surface area (Å²) in [6.07, 6.45) is -0.764. The van der Waals surface area contributed by atoms with Crippen LogP contribution in [0.15, 0.2) is 28.8 Å². The van der Waals surface area contributed by atoms with Crippen molar-refractivity contribution in [1.82, 2.24) is 20.3 Å². The molecule has 2 heterocycles. The first-order valence-corrected chi connectivity index (χ1v) is 8.62. The molecule has 0 aliphatic carbocycles. The van der Waals surface area contributed by atoms with E-state index in [4.69, 9.17) is 4.74 Å². The lowest BCUT2D eigenvalue weighted by atomic mass is 10.0. The number of carbonyl (C=O) groups is 1. The van der Waals surface area contributed by atoms with Crippen LogP contribution in [-0.2, 0) is 6.42 Å². The van der Waals surface area contributed by atoms with Crippen molar-refractivity contribution < 1.29 is 22.8 Å². The number of rotatable bonds is 8. The summed E-state index contributed by atoms with van der Waals surface area (Å²) in [6, 6.07) is 7.00. The Morgan fingerprint density at radius 3 is 2.50 bits per heavy atom. The minimum atomic E-state index is -2.80. The minimum absolute atomic E-state index is 0.134. The summed E-state index contributed by atoms with van der Waals surface area (Å²) in [5.41, 5.74) is 3.32. The van der Waals surface area contributed by atoms with Crippen LogP contribution >= 0.6 is 0 Å². The van der Waals surface area contributed by atoms with Gasteiger partial charge in [-0.15, -0.1) is 5.10 Å². The molecule has 0 spiro atoms. The van der Waals surface area contributed by atoms with E-state index in [1.54, 1.807) is 24.3 Å². The smallest absolute Gasteiger partial charge is 0.315 e. The standard InChI is InChI=1S/C19H18F2N4O3/c1-11-8-15(27-7-3-4-13-5-6-14(10-26)24-23-13)9-12(2)16(11)18-22-19(17(20)21)28-25-18/h5-6,8-10,17H,3-4,7H2,1-2H3. The van der Waals surface area contributed by atoms with Crippen LogP contribution in [0.25, 0.3) is 11.4 Å². The molecule has 0 aliphatic rings. The first kappa shape index (κ1) is 19.5. The van der Waals surface area contributed by atoms with Gasteiger partial charge >= 0.3 is 6.43 Å². The number of benzene rings is 1. The van der Waals surface area contributed by atoms with E-state index in [1.165, 1.54) is 0 Å². The molecule has 3 aromatic rings. The Morgan fingerprint density at radius 2 is 1.93 bits per heavy atom. The number of hydrogen-bond acceptors (Lipinski definition) is 7. The molecule has 7 nitrogen and oxygen atoms in total. The molecular weight excluding hydrogens is 370 g/mol. The molecule has 0 saturated heterocycles. The van der Waals surface area contributed by atoms with Crippen LogP contribution in [-0.4, -0.2) is 33.2 Å². The molecule has 0 fully saturated rings. The molecule has 0 amide bonds. The number of halogens is 2. The van der Waals surface area contributed by atoms with Gasteiger partial charge in [0.05, 0.1) is 12.3 Å². The third-order valence-corrected chi connectivity index (χ3v) is 4.07. The predicted molar refractivity (Wildman–Crippen MR) is 95.4 cm³/mol. The van der Waals surface area contributed by atoms with Crippen LogP contribution in [0, 0.1) is 13.8 Å². The van der Waals surface area contributed by atoms with E-state index in [0.29, 0.717) is 36.3 Å². The van der Waals surface area contributed by atoms with Gasteiger partial charge in [-0.25, -0.2) is 0 Å². The van der Waals surface area contributed by atoms with E-state index in [9.17, 15) is 13.6 Å². The van der Waals surface area contributed by atoms with Gasteiger partial charge in [-0.3, -0.25) is 4.79 Å². The first-order valence-electron chi connectivity index (χ1n) is 8.62. The van der Waals surface area contributed by atoms with E-state index < -0.39 is 12.3 Å². The second kappa shape index (κ2) is 8.64. The van der Waals surface area contributed by atoms with E-state index in [0.717, 1.165) is 23.2 Å². The number of alkyl halides is 2. The van der Waals surface area contributed by atoms with Gasteiger partial charge in [0.15, 0.2) is 6.29 Å². The fourth-order valence-corrected chi connectivity index (χ4v) is 2.79. The summed E-state index contributed by atoms with van der Waals surface area (Å²) in [7, 11) is 0. The highest BCUT2D eigenvalue weighted by molar-refractivity contribution is 5.71. The molecule has 0 aliphatic heterocycles. The topological polar surface area (TPSA) is 91.0 Å². The summed E-state index contributed by atoms with van der Waals surface area (Å²) in [4.78, 5) is 14.3. The highest BCUT2D eigenvalue weighted by atomic mass is 19.3. The molecule has 1 aromatic carbocycles. The summed E-state index contributed by atoms with van der Waals surface area (Å²) < 4.78 is 35.7. The quantitative estimate of drug-likeness (QED) is 0.427. The van der Waals surface area contributed by atoms with Crippen LogP contribution in [0.1, 0.15) is 46.0 Å². The highest BCUT2D eigenvalue weighted by Gasteiger charge is 2.19. The summed E-state index contributed by atoms with van der Waals surface area (Å²) in [5.74, 6) is 0.103. The molecular formula is C19H18F2N4O3. The van der Waals surface area contributed by atoms with Crippen molar-refractivity contribution in [3.8, 4) is 17.1 Å². The SMILES string of the molecule is Cc1cc(OCCCc2ccc(C=O)nn2)cc(C)c1-c1noc(C(F)F)n1. The van der Waals surface area contributed by atoms with Crippen LogP contribution in [0.3, 0.4) is 0 Å². The van der Waals surface area contributed by atoms with Gasteiger partial charge in [-0.05, 0) is 62.1 Å². The Hall–Kier alpha value is -3.23. The minimum Gasteiger partial charge on any atom is -0.494 e. The largest absolute Gasteiger partial charge is 0.494 e. The molecule has 28 heavy (non-hydrogen) atoms. The molecule has 3 rings (SSSR count). The number of aryl methyl sites for hydroxylation is 3. The van der Waals surface area contributed by atoms with E-state index >= 15 is 0 Å². The van der Waals surface area contributed by atoms with E-state index in [2.05, 4.69) is 24.9 Å². The maximum absolute atomic E-state index is 12.7. The Bertz CT molecular complexity index is 935. The summed E-state index contributed by atoms with van der Waals surface area (Å²) in [5, 5.41) is 11.4. The Morgan fingerprint density at radius 1 is 1.18 bits per heavy atom. The highest BCUT2D eigenvalue weighted by Crippen LogP contribution is 2.30. The van der Waals surface area contributed by atoms with Crippen molar-refractivity contribution in [2.75, 3.05) is 6.61 Å². The zero-order valence-electron chi connectivity index (χ0n) is 15.4. The Labute approximate surface area is 159 Å². The lowest BCUT2D eigenvalue weighted by Gasteiger charge is -2.11. The molecule has 2 aromatic heterocycles. The van der Waals surface area contributed by atoms with Gasteiger partial charge in [0, 0.05) is 5.56 Å². The number of ether oxygens (including phenoxy) is 1. The van der Waals surface area contributed by atoms with Crippen molar-refractivity contribution in [3.05, 3.63) is 52.7 Å². The zero-order chi connectivity index (χ0) is 20.1. The number of carbonyl (C=O) groups excluding carboxylic acids is 1. The molecule has 0 atom stereocenters. The zero-order valence-corrected chi connectivity index (χ0v) is 15.4. The third-order valence-electron chi connectivity index (χ3n) is 4.07. The molecule has 0 bridgehead atoms. The number of aldehydes is 1. The molecule has 9 heteroatoms. The van der Waals surface area contributed by atoms with Crippen LogP contribution in [0.2, 0.25) is 0 Å². The van der Waals surface area contributed by atoms with Crippen molar-refractivity contribution in [1.29, 1.82) is 0 Å². The fourth-order valence-electron chi connectivity index (χ4n) is 2.79. The average Bonchev–Trinajstić information content (AvgIpc) is 3.15. The van der Waals surface area contributed by atoms with Crippen molar-refractivity contribution in [2.24, 2.45) is 0 Å². The average molecular weight is 388 g/mol. The summed E-state index contributed by atoms with van der Waals surface area (Å²) >= 11 is 0. The third kappa shape index (κ3) is 4.54. The van der Waals surface area contributed by atoms with Gasteiger partial charge in [-0.2, -0.15) is 18.9 Å². The van der Waals surface area contributed by atoms with Crippen molar-refractivity contribution >= 4 is 6.29 Å². The Balaban J connectivity index is 1.61. The monoisotopic (exact) mass is 388 g/mol. The second-order valence-corrected chi connectivity index (χ2v) is 6.21. The van der Waals surface area contributed by atoms with Crippen molar-refractivity contribution in [2.45, 2.75) is 33.1 Å². The molecule has 0 radical (unpaired) electrons. The van der Waals surface area contributed by atoms with Gasteiger partial charge in [0.1, 0.15) is 11.4 Å². The number of aromatic nitrogens is 4. The van der Waals surface area contributed by atoms with Gasteiger partial charge in [0.25, 0.3) is 5.89 Å². The fraction of sp³-hybridized carbons (Fsp3) is 0.316. The molecule has 0 saturated carbocycles. The maximum atomic E-state index is 12.7. The van der Waals surface area contributed by atoms with Crippen LogP contribution in [0.4, 0.5) is 8.78 Å². The first-order chi connectivity index (χ1) is 13.5. The van der Waals surface area contributed by atoms with E-state index in [1.807, 2.05) is 13.8 Å². The molecule has 0 N–H and O–H groups in total. The molecule has 0 unspecified atom stereocenters.